The van der Waals surface area contributed by atoms with Crippen molar-refractivity contribution in [3.63, 3.8) is 0 Å². The van der Waals surface area contributed by atoms with Crippen molar-refractivity contribution in [2.45, 2.75) is 37.2 Å². The molecule has 0 radical (unpaired) electrons. The van der Waals surface area contributed by atoms with Crippen LogP contribution in [0.3, 0.4) is 0 Å². The summed E-state index contributed by atoms with van der Waals surface area (Å²) >= 11 is 0. The van der Waals surface area contributed by atoms with E-state index in [0.29, 0.717) is 6.10 Å². The fourth-order valence-corrected chi connectivity index (χ4v) is 2.11. The maximum atomic E-state index is 5.93. The molecule has 2 saturated carbocycles. The van der Waals surface area contributed by atoms with Crippen molar-refractivity contribution in [3.05, 3.63) is 29.8 Å². The number of ether oxygens (including phenoxy) is 1. The molecule has 80 valence electrons. The molecule has 0 atom stereocenters. The van der Waals surface area contributed by atoms with Gasteiger partial charge in [-0.1, -0.05) is 18.2 Å². The van der Waals surface area contributed by atoms with Crippen LogP contribution in [0.1, 0.15) is 31.2 Å². The van der Waals surface area contributed by atoms with E-state index in [1.807, 2.05) is 6.07 Å². The fraction of sp³-hybridized carbons (Fsp3) is 0.538. The Morgan fingerprint density at radius 1 is 1.27 bits per heavy atom. The first-order valence-corrected chi connectivity index (χ1v) is 5.80. The van der Waals surface area contributed by atoms with E-state index in [4.69, 9.17) is 10.5 Å². The molecule has 2 N–H and O–H groups in total. The van der Waals surface area contributed by atoms with Crippen molar-refractivity contribution in [1.82, 2.24) is 0 Å². The van der Waals surface area contributed by atoms with Gasteiger partial charge in [0.05, 0.1) is 6.10 Å². The first-order valence-electron chi connectivity index (χ1n) is 5.80. The zero-order chi connectivity index (χ0) is 10.3. The third-order valence-corrected chi connectivity index (χ3v) is 3.52. The highest BCUT2D eigenvalue weighted by Crippen LogP contribution is 2.50. The molecule has 0 unspecified atom stereocenters. The molecule has 1 aromatic carbocycles. The van der Waals surface area contributed by atoms with E-state index in [0.717, 1.165) is 12.3 Å². The molecular weight excluding hydrogens is 186 g/mol. The summed E-state index contributed by atoms with van der Waals surface area (Å²) in [4.78, 5) is 0. The first kappa shape index (κ1) is 9.22. The maximum Gasteiger partial charge on any atom is 0.123 e. The van der Waals surface area contributed by atoms with Crippen LogP contribution in [0.25, 0.3) is 0 Å². The molecule has 0 spiro atoms. The van der Waals surface area contributed by atoms with Gasteiger partial charge in [-0.15, -0.1) is 0 Å². The highest BCUT2D eigenvalue weighted by molar-refractivity contribution is 5.43. The number of rotatable bonds is 4. The quantitative estimate of drug-likeness (QED) is 0.814. The Bertz CT molecular complexity index is 367. The number of hydrogen-bond acceptors (Lipinski definition) is 2. The average molecular weight is 203 g/mol. The van der Waals surface area contributed by atoms with E-state index in [1.54, 1.807) is 0 Å². The standard InChI is InChI=1S/C13H17NO/c14-9-13(7-8-13)11-3-1-2-4-12(11)15-10-5-6-10/h1-4,10H,5-9,14H2. The van der Waals surface area contributed by atoms with E-state index in [2.05, 4.69) is 18.2 Å². The minimum absolute atomic E-state index is 0.242. The van der Waals surface area contributed by atoms with Gasteiger partial charge < -0.3 is 10.5 Å². The molecule has 0 saturated heterocycles. The molecule has 2 aliphatic carbocycles. The van der Waals surface area contributed by atoms with E-state index in [1.165, 1.54) is 31.2 Å². The molecule has 1 aromatic rings. The summed E-state index contributed by atoms with van der Waals surface area (Å²) in [6.45, 7) is 0.748. The van der Waals surface area contributed by atoms with Gasteiger partial charge in [0.1, 0.15) is 5.75 Å². The first-order chi connectivity index (χ1) is 7.34. The number of nitrogens with two attached hydrogens (primary N) is 1. The van der Waals surface area contributed by atoms with Crippen molar-refractivity contribution in [2.24, 2.45) is 5.73 Å². The van der Waals surface area contributed by atoms with Crippen molar-refractivity contribution in [2.75, 3.05) is 6.54 Å². The molecule has 2 aliphatic rings. The molecule has 3 rings (SSSR count). The van der Waals surface area contributed by atoms with Crippen LogP contribution in [0.4, 0.5) is 0 Å². The topological polar surface area (TPSA) is 35.2 Å². The van der Waals surface area contributed by atoms with Crippen molar-refractivity contribution < 1.29 is 4.74 Å². The van der Waals surface area contributed by atoms with Crippen LogP contribution >= 0.6 is 0 Å². The largest absolute Gasteiger partial charge is 0.490 e. The van der Waals surface area contributed by atoms with Gasteiger partial charge in [-0.25, -0.2) is 0 Å². The fourth-order valence-electron chi connectivity index (χ4n) is 2.11. The average Bonchev–Trinajstić information content (AvgIpc) is 3.14. The molecule has 0 amide bonds. The number of benzene rings is 1. The van der Waals surface area contributed by atoms with Crippen LogP contribution in [0.2, 0.25) is 0 Å². The monoisotopic (exact) mass is 203 g/mol. The highest BCUT2D eigenvalue weighted by Gasteiger charge is 2.45. The molecule has 2 heteroatoms. The normalized spacial score (nSPS) is 22.5. The molecule has 0 aliphatic heterocycles. The second-order valence-corrected chi connectivity index (χ2v) is 4.80. The molecule has 2 fully saturated rings. The van der Waals surface area contributed by atoms with E-state index in [-0.39, 0.29) is 5.41 Å². The van der Waals surface area contributed by atoms with E-state index < -0.39 is 0 Å². The Morgan fingerprint density at radius 3 is 2.60 bits per heavy atom. The minimum atomic E-state index is 0.242. The van der Waals surface area contributed by atoms with Gasteiger partial charge in [0.2, 0.25) is 0 Å². The Hall–Kier alpha value is -1.02. The van der Waals surface area contributed by atoms with Crippen LogP contribution in [-0.4, -0.2) is 12.6 Å². The lowest BCUT2D eigenvalue weighted by molar-refractivity contribution is 0.297. The van der Waals surface area contributed by atoms with E-state index >= 15 is 0 Å². The predicted molar refractivity (Wildman–Crippen MR) is 60.1 cm³/mol. The maximum absolute atomic E-state index is 5.93. The van der Waals surface area contributed by atoms with Crippen LogP contribution in [-0.2, 0) is 5.41 Å². The predicted octanol–water partition coefficient (Wildman–Crippen LogP) is 2.22. The summed E-state index contributed by atoms with van der Waals surface area (Å²) in [6.07, 6.45) is 5.33. The van der Waals surface area contributed by atoms with Crippen molar-refractivity contribution in [3.8, 4) is 5.75 Å². The third kappa shape index (κ3) is 1.63. The molecule has 15 heavy (non-hydrogen) atoms. The molecular formula is C13H17NO. The zero-order valence-electron chi connectivity index (χ0n) is 8.91. The minimum Gasteiger partial charge on any atom is -0.490 e. The molecule has 0 aromatic heterocycles. The van der Waals surface area contributed by atoms with Gasteiger partial charge in [-0.3, -0.25) is 0 Å². The van der Waals surface area contributed by atoms with Crippen LogP contribution in [0, 0.1) is 0 Å². The Labute approximate surface area is 90.4 Å². The SMILES string of the molecule is NCC1(c2ccccc2OC2CC2)CC1. The lowest BCUT2D eigenvalue weighted by Crippen LogP contribution is -2.20. The van der Waals surface area contributed by atoms with Gasteiger partial charge in [0.15, 0.2) is 0 Å². The number of hydrogen-bond donors (Lipinski definition) is 1. The summed E-state index contributed by atoms with van der Waals surface area (Å²) in [5.41, 5.74) is 7.43. The molecule has 0 bridgehead atoms. The highest BCUT2D eigenvalue weighted by atomic mass is 16.5. The van der Waals surface area contributed by atoms with Crippen LogP contribution < -0.4 is 10.5 Å². The summed E-state index contributed by atoms with van der Waals surface area (Å²) in [5.74, 6) is 1.07. The molecule has 0 heterocycles. The zero-order valence-corrected chi connectivity index (χ0v) is 8.91. The van der Waals surface area contributed by atoms with E-state index in [9.17, 15) is 0 Å². The summed E-state index contributed by atoms with van der Waals surface area (Å²) in [6, 6.07) is 8.40. The Morgan fingerprint density at radius 2 is 2.00 bits per heavy atom. The van der Waals surface area contributed by atoms with Crippen LogP contribution in [0.5, 0.6) is 5.75 Å². The lowest BCUT2D eigenvalue weighted by Gasteiger charge is -2.17. The second-order valence-electron chi connectivity index (χ2n) is 4.80. The number of para-hydroxylation sites is 1. The Kier molecular flexibility index (Phi) is 1.99. The molecule has 2 nitrogen and oxygen atoms in total. The van der Waals surface area contributed by atoms with Crippen LogP contribution in [0.15, 0.2) is 24.3 Å². The summed E-state index contributed by atoms with van der Waals surface area (Å²) in [5, 5.41) is 0. The Balaban J connectivity index is 1.91. The lowest BCUT2D eigenvalue weighted by atomic mass is 9.95. The van der Waals surface area contributed by atoms with Gasteiger partial charge in [-0.05, 0) is 31.7 Å². The smallest absolute Gasteiger partial charge is 0.123 e. The summed E-state index contributed by atoms with van der Waals surface area (Å²) in [7, 11) is 0. The van der Waals surface area contributed by atoms with Gasteiger partial charge >= 0.3 is 0 Å². The van der Waals surface area contributed by atoms with Gasteiger partial charge in [-0.2, -0.15) is 0 Å². The van der Waals surface area contributed by atoms with Crippen molar-refractivity contribution in [1.29, 1.82) is 0 Å². The summed E-state index contributed by atoms with van der Waals surface area (Å²) < 4.78 is 5.93. The van der Waals surface area contributed by atoms with Crippen molar-refractivity contribution >= 4 is 0 Å². The van der Waals surface area contributed by atoms with Gasteiger partial charge in [0, 0.05) is 17.5 Å². The third-order valence-electron chi connectivity index (χ3n) is 3.52. The second kappa shape index (κ2) is 3.24. The van der Waals surface area contributed by atoms with Gasteiger partial charge in [0.25, 0.3) is 0 Å².